The quantitative estimate of drug-likeness (QED) is 0.692. The Hall–Kier alpha value is -2.93. The summed E-state index contributed by atoms with van der Waals surface area (Å²) in [6.45, 7) is 7.65. The maximum atomic E-state index is 9.56. The number of H-pyrrole nitrogens is 1. The van der Waals surface area contributed by atoms with Gasteiger partial charge in [-0.15, -0.1) is 5.92 Å². The number of hydrogen-bond donors (Lipinski definition) is 2. The summed E-state index contributed by atoms with van der Waals surface area (Å²) in [4.78, 5) is 3.43. The molecule has 0 aliphatic heterocycles. The van der Waals surface area contributed by atoms with Crippen LogP contribution in [0.3, 0.4) is 0 Å². The average molecular weight is 306 g/mol. The highest BCUT2D eigenvalue weighted by molar-refractivity contribution is 5.88. The van der Waals surface area contributed by atoms with Gasteiger partial charge in [-0.3, -0.25) is 0 Å². The van der Waals surface area contributed by atoms with Crippen LogP contribution in [0, 0.1) is 32.6 Å². The van der Waals surface area contributed by atoms with Gasteiger partial charge in [0.2, 0.25) is 0 Å². The van der Waals surface area contributed by atoms with Gasteiger partial charge in [0.1, 0.15) is 11.5 Å². The van der Waals surface area contributed by atoms with Crippen molar-refractivity contribution < 1.29 is 9.63 Å². The molecule has 3 rings (SSSR count). The van der Waals surface area contributed by atoms with Gasteiger partial charge in [0.25, 0.3) is 0 Å². The molecule has 4 nitrogen and oxygen atoms in total. The van der Waals surface area contributed by atoms with E-state index in [4.69, 9.17) is 4.52 Å². The summed E-state index contributed by atoms with van der Waals surface area (Å²) in [5.41, 5.74) is 6.68. The van der Waals surface area contributed by atoms with Gasteiger partial charge in [0.05, 0.1) is 22.5 Å². The highest BCUT2D eigenvalue weighted by atomic mass is 16.5. The van der Waals surface area contributed by atoms with Crippen LogP contribution in [0.2, 0.25) is 0 Å². The third-order valence-electron chi connectivity index (χ3n) is 3.88. The molecule has 0 amide bonds. The number of aromatic hydroxyl groups is 1. The van der Waals surface area contributed by atoms with Crippen molar-refractivity contribution in [2.45, 2.75) is 27.7 Å². The van der Waals surface area contributed by atoms with E-state index < -0.39 is 0 Å². The fourth-order valence-electron chi connectivity index (χ4n) is 2.85. The number of phenolic OH excluding ortho intramolecular Hbond substituents is 1. The fourth-order valence-corrected chi connectivity index (χ4v) is 2.85. The molecule has 2 heterocycles. The number of nitrogens with zero attached hydrogens (tertiary/aromatic N) is 1. The molecule has 0 atom stereocenters. The van der Waals surface area contributed by atoms with E-state index in [2.05, 4.69) is 22.0 Å². The molecule has 0 saturated carbocycles. The standard InChI is InChI=1S/C19H18N2O2/c1-5-6-16-11(2)20-19(17-12(3)21-23-13(17)4)18(16)14-7-9-15(22)10-8-14/h7-10,20,22H,1-4H3. The first-order valence-corrected chi connectivity index (χ1v) is 7.41. The number of rotatable bonds is 2. The van der Waals surface area contributed by atoms with Gasteiger partial charge in [-0.05, 0) is 45.4 Å². The number of aryl methyl sites for hydroxylation is 3. The monoisotopic (exact) mass is 306 g/mol. The van der Waals surface area contributed by atoms with Crippen LogP contribution in [0.5, 0.6) is 5.75 Å². The van der Waals surface area contributed by atoms with Crippen molar-refractivity contribution >= 4 is 0 Å². The van der Waals surface area contributed by atoms with E-state index in [9.17, 15) is 5.11 Å². The van der Waals surface area contributed by atoms with E-state index in [1.54, 1.807) is 12.1 Å². The van der Waals surface area contributed by atoms with Crippen LogP contribution in [0.15, 0.2) is 28.8 Å². The molecule has 0 radical (unpaired) electrons. The van der Waals surface area contributed by atoms with E-state index in [0.29, 0.717) is 0 Å². The number of benzene rings is 1. The predicted molar refractivity (Wildman–Crippen MR) is 90.2 cm³/mol. The second kappa shape index (κ2) is 5.69. The zero-order valence-electron chi connectivity index (χ0n) is 13.6. The van der Waals surface area contributed by atoms with Crippen LogP contribution >= 0.6 is 0 Å². The van der Waals surface area contributed by atoms with Crippen LogP contribution in [-0.2, 0) is 0 Å². The van der Waals surface area contributed by atoms with Gasteiger partial charge < -0.3 is 14.6 Å². The highest BCUT2D eigenvalue weighted by Crippen LogP contribution is 2.39. The Kier molecular flexibility index (Phi) is 3.71. The Balaban J connectivity index is 2.35. The lowest BCUT2D eigenvalue weighted by molar-refractivity contribution is 0.393. The lowest BCUT2D eigenvalue weighted by atomic mass is 9.96. The number of phenols is 1. The maximum Gasteiger partial charge on any atom is 0.143 e. The average Bonchev–Trinajstić information content (AvgIpc) is 3.01. The molecular weight excluding hydrogens is 288 g/mol. The molecule has 0 unspecified atom stereocenters. The molecule has 0 aliphatic rings. The summed E-state index contributed by atoms with van der Waals surface area (Å²) >= 11 is 0. The van der Waals surface area contributed by atoms with E-state index >= 15 is 0 Å². The smallest absolute Gasteiger partial charge is 0.143 e. The second-order valence-corrected chi connectivity index (χ2v) is 5.50. The SMILES string of the molecule is CC#Cc1c(C)[nH]c(-c2c(C)noc2C)c1-c1ccc(O)cc1. The van der Waals surface area contributed by atoms with Crippen LogP contribution in [0.1, 0.15) is 29.6 Å². The molecule has 2 aromatic heterocycles. The van der Waals surface area contributed by atoms with Crippen molar-refractivity contribution in [3.63, 3.8) is 0 Å². The largest absolute Gasteiger partial charge is 0.508 e. The fraction of sp³-hybridized carbons (Fsp3) is 0.211. The van der Waals surface area contributed by atoms with Gasteiger partial charge >= 0.3 is 0 Å². The van der Waals surface area contributed by atoms with Crippen molar-refractivity contribution in [2.24, 2.45) is 0 Å². The van der Waals surface area contributed by atoms with Gasteiger partial charge in [0, 0.05) is 11.3 Å². The molecule has 3 aromatic rings. The summed E-state index contributed by atoms with van der Waals surface area (Å²) in [5.74, 6) is 7.16. The van der Waals surface area contributed by atoms with Gasteiger partial charge in [-0.1, -0.05) is 23.2 Å². The summed E-state index contributed by atoms with van der Waals surface area (Å²) in [7, 11) is 0. The lowest BCUT2D eigenvalue weighted by Gasteiger charge is -2.06. The van der Waals surface area contributed by atoms with Gasteiger partial charge in [0.15, 0.2) is 0 Å². The summed E-state index contributed by atoms with van der Waals surface area (Å²) in [6.07, 6.45) is 0. The number of aromatic amines is 1. The van der Waals surface area contributed by atoms with Crippen molar-refractivity contribution in [2.75, 3.05) is 0 Å². The topological polar surface area (TPSA) is 62.0 Å². The van der Waals surface area contributed by atoms with Crippen molar-refractivity contribution in [3.05, 3.63) is 47.0 Å². The Morgan fingerprint density at radius 1 is 1.09 bits per heavy atom. The normalized spacial score (nSPS) is 10.4. The van der Waals surface area contributed by atoms with Gasteiger partial charge in [-0.25, -0.2) is 0 Å². The van der Waals surface area contributed by atoms with Crippen LogP contribution in [0.25, 0.3) is 22.4 Å². The van der Waals surface area contributed by atoms with E-state index in [-0.39, 0.29) is 5.75 Å². The third-order valence-corrected chi connectivity index (χ3v) is 3.88. The number of hydrogen-bond acceptors (Lipinski definition) is 3. The molecule has 0 aliphatic carbocycles. The van der Waals surface area contributed by atoms with Crippen LogP contribution in [-0.4, -0.2) is 15.2 Å². The Labute approximate surface area is 135 Å². The van der Waals surface area contributed by atoms with Crippen LogP contribution in [0.4, 0.5) is 0 Å². The van der Waals surface area contributed by atoms with Crippen molar-refractivity contribution in [1.29, 1.82) is 0 Å². The zero-order chi connectivity index (χ0) is 16.6. The molecule has 4 heteroatoms. The molecule has 0 spiro atoms. The highest BCUT2D eigenvalue weighted by Gasteiger charge is 2.22. The summed E-state index contributed by atoms with van der Waals surface area (Å²) in [6, 6.07) is 7.14. The van der Waals surface area contributed by atoms with Crippen molar-refractivity contribution in [1.82, 2.24) is 10.1 Å². The molecule has 1 aromatic carbocycles. The minimum absolute atomic E-state index is 0.239. The third kappa shape index (κ3) is 2.51. The minimum atomic E-state index is 0.239. The molecular formula is C19H18N2O2. The van der Waals surface area contributed by atoms with Crippen LogP contribution < -0.4 is 0 Å². The summed E-state index contributed by atoms with van der Waals surface area (Å²) in [5, 5.41) is 13.6. The Morgan fingerprint density at radius 3 is 2.35 bits per heavy atom. The minimum Gasteiger partial charge on any atom is -0.508 e. The first kappa shape index (κ1) is 15.0. The molecule has 0 bridgehead atoms. The molecule has 0 fully saturated rings. The first-order chi connectivity index (χ1) is 11.0. The molecule has 23 heavy (non-hydrogen) atoms. The Morgan fingerprint density at radius 2 is 1.78 bits per heavy atom. The lowest BCUT2D eigenvalue weighted by Crippen LogP contribution is -1.87. The van der Waals surface area contributed by atoms with Crippen molar-refractivity contribution in [3.8, 4) is 40.0 Å². The molecule has 0 saturated heterocycles. The first-order valence-electron chi connectivity index (χ1n) is 7.41. The van der Waals surface area contributed by atoms with Gasteiger partial charge in [-0.2, -0.15) is 0 Å². The molecule has 2 N–H and O–H groups in total. The second-order valence-electron chi connectivity index (χ2n) is 5.50. The van der Waals surface area contributed by atoms with E-state index in [0.717, 1.165) is 45.1 Å². The zero-order valence-corrected chi connectivity index (χ0v) is 13.6. The van der Waals surface area contributed by atoms with E-state index in [1.807, 2.05) is 39.8 Å². The Bertz CT molecular complexity index is 899. The predicted octanol–water partition coefficient (Wildman–Crippen LogP) is 4.34. The number of aromatic nitrogens is 2. The van der Waals surface area contributed by atoms with E-state index in [1.165, 1.54) is 0 Å². The number of nitrogens with one attached hydrogen (secondary N) is 1. The molecule has 116 valence electrons. The maximum absolute atomic E-state index is 9.56. The summed E-state index contributed by atoms with van der Waals surface area (Å²) < 4.78 is 5.32.